The number of hydrogen-bond acceptors (Lipinski definition) is 4. The van der Waals surface area contributed by atoms with Gasteiger partial charge in [0, 0.05) is 22.5 Å². The normalized spacial score (nSPS) is 10.9. The van der Waals surface area contributed by atoms with E-state index < -0.39 is 0 Å². The van der Waals surface area contributed by atoms with E-state index in [9.17, 15) is 0 Å². The van der Waals surface area contributed by atoms with Gasteiger partial charge in [0.2, 0.25) is 0 Å². The predicted octanol–water partition coefficient (Wildman–Crippen LogP) is 3.50. The molecule has 0 atom stereocenters. The molecule has 0 saturated carbocycles. The van der Waals surface area contributed by atoms with Crippen molar-refractivity contribution in [2.24, 2.45) is 0 Å². The third-order valence-corrected chi connectivity index (χ3v) is 3.79. The Balaban J connectivity index is 2.13. The van der Waals surface area contributed by atoms with Gasteiger partial charge in [-0.2, -0.15) is 5.26 Å². The van der Waals surface area contributed by atoms with E-state index in [1.807, 2.05) is 24.3 Å². The lowest BCUT2D eigenvalue weighted by Gasteiger charge is -2.27. The summed E-state index contributed by atoms with van der Waals surface area (Å²) in [6.45, 7) is 5.02. The Morgan fingerprint density at radius 1 is 1.30 bits per heavy atom. The molecule has 1 N–H and O–H groups in total. The van der Waals surface area contributed by atoms with Crippen LogP contribution < -0.4 is 5.32 Å². The van der Waals surface area contributed by atoms with Crippen LogP contribution in [0, 0.1) is 11.3 Å². The van der Waals surface area contributed by atoms with E-state index in [2.05, 4.69) is 51.1 Å². The van der Waals surface area contributed by atoms with Crippen molar-refractivity contribution in [2.75, 3.05) is 11.9 Å². The van der Waals surface area contributed by atoms with Crippen molar-refractivity contribution >= 4 is 21.7 Å². The second kappa shape index (κ2) is 6.02. The number of nitriles is 1. The molecule has 1 aromatic carbocycles. The van der Waals surface area contributed by atoms with Crippen molar-refractivity contribution in [1.29, 1.82) is 5.26 Å². The van der Waals surface area contributed by atoms with Gasteiger partial charge in [-0.3, -0.25) is 0 Å². The molecule has 0 aliphatic rings. The molecule has 0 aliphatic carbocycles. The SMILES string of the molecule is CC(C)(CNc1cc(C#N)ncn1)c1ccccc1Br. The third kappa shape index (κ3) is 3.34. The van der Waals surface area contributed by atoms with Crippen LogP contribution in [0.1, 0.15) is 25.1 Å². The first kappa shape index (κ1) is 14.5. The van der Waals surface area contributed by atoms with Gasteiger partial charge in [-0.1, -0.05) is 48.0 Å². The van der Waals surface area contributed by atoms with E-state index in [1.165, 1.54) is 11.9 Å². The predicted molar refractivity (Wildman–Crippen MR) is 82.4 cm³/mol. The number of benzene rings is 1. The van der Waals surface area contributed by atoms with Gasteiger partial charge in [-0.05, 0) is 11.6 Å². The zero-order valence-electron chi connectivity index (χ0n) is 11.4. The lowest BCUT2D eigenvalue weighted by atomic mass is 9.84. The van der Waals surface area contributed by atoms with Gasteiger partial charge in [0.1, 0.15) is 23.9 Å². The quantitative estimate of drug-likeness (QED) is 0.931. The largest absolute Gasteiger partial charge is 0.369 e. The maximum Gasteiger partial charge on any atom is 0.145 e. The molecule has 5 heteroatoms. The first-order valence-corrected chi connectivity index (χ1v) is 7.03. The average Bonchev–Trinajstić information content (AvgIpc) is 2.46. The van der Waals surface area contributed by atoms with E-state index in [1.54, 1.807) is 6.07 Å². The average molecular weight is 331 g/mol. The van der Waals surface area contributed by atoms with Crippen LogP contribution in [0.5, 0.6) is 0 Å². The fourth-order valence-electron chi connectivity index (χ4n) is 1.93. The van der Waals surface area contributed by atoms with Crippen molar-refractivity contribution in [1.82, 2.24) is 9.97 Å². The standard InChI is InChI=1S/C15H15BrN4/c1-15(2,12-5-3-4-6-13(12)16)9-18-14-7-11(8-17)19-10-20-14/h3-7,10H,9H2,1-2H3,(H,18,19,20). The number of aromatic nitrogens is 2. The van der Waals surface area contributed by atoms with Crippen molar-refractivity contribution in [3.05, 3.63) is 52.4 Å². The van der Waals surface area contributed by atoms with Crippen molar-refractivity contribution in [3.63, 3.8) is 0 Å². The highest BCUT2D eigenvalue weighted by molar-refractivity contribution is 9.10. The Morgan fingerprint density at radius 3 is 2.75 bits per heavy atom. The van der Waals surface area contributed by atoms with E-state index in [-0.39, 0.29) is 5.41 Å². The van der Waals surface area contributed by atoms with Crippen LogP contribution in [-0.4, -0.2) is 16.5 Å². The summed E-state index contributed by atoms with van der Waals surface area (Å²) in [6, 6.07) is 11.8. The third-order valence-electron chi connectivity index (χ3n) is 3.10. The number of rotatable bonds is 4. The molecule has 1 heterocycles. The molecule has 20 heavy (non-hydrogen) atoms. The minimum atomic E-state index is -0.0716. The minimum absolute atomic E-state index is 0.0716. The maximum absolute atomic E-state index is 8.83. The second-order valence-electron chi connectivity index (χ2n) is 5.12. The number of halogens is 1. The summed E-state index contributed by atoms with van der Waals surface area (Å²) in [7, 11) is 0. The van der Waals surface area contributed by atoms with Crippen LogP contribution >= 0.6 is 15.9 Å². The van der Waals surface area contributed by atoms with Gasteiger partial charge < -0.3 is 5.32 Å². The summed E-state index contributed by atoms with van der Waals surface area (Å²) in [6.07, 6.45) is 1.40. The molecular formula is C15H15BrN4. The number of hydrogen-bond donors (Lipinski definition) is 1. The number of anilines is 1. The highest BCUT2D eigenvalue weighted by Gasteiger charge is 2.22. The molecule has 0 amide bonds. The second-order valence-corrected chi connectivity index (χ2v) is 5.97. The zero-order chi connectivity index (χ0) is 14.6. The van der Waals surface area contributed by atoms with E-state index in [0.717, 1.165) is 4.47 Å². The first-order valence-electron chi connectivity index (χ1n) is 6.24. The molecule has 0 fully saturated rings. The van der Waals surface area contributed by atoms with Crippen molar-refractivity contribution in [3.8, 4) is 6.07 Å². The topological polar surface area (TPSA) is 61.6 Å². The molecule has 0 bridgehead atoms. The Kier molecular flexibility index (Phi) is 4.35. The van der Waals surface area contributed by atoms with E-state index in [0.29, 0.717) is 18.1 Å². The molecule has 102 valence electrons. The highest BCUT2D eigenvalue weighted by atomic mass is 79.9. The molecule has 0 unspecified atom stereocenters. The molecule has 0 spiro atoms. The van der Waals surface area contributed by atoms with Crippen LogP contribution in [0.15, 0.2) is 41.1 Å². The fourth-order valence-corrected chi connectivity index (χ4v) is 2.75. The van der Waals surface area contributed by atoms with E-state index >= 15 is 0 Å². The molecule has 2 rings (SSSR count). The van der Waals surface area contributed by atoms with Gasteiger partial charge in [-0.15, -0.1) is 0 Å². The Bertz CT molecular complexity index is 646. The van der Waals surface area contributed by atoms with Gasteiger partial charge in [0.25, 0.3) is 0 Å². The van der Waals surface area contributed by atoms with Gasteiger partial charge >= 0.3 is 0 Å². The van der Waals surface area contributed by atoms with Crippen molar-refractivity contribution < 1.29 is 0 Å². The Morgan fingerprint density at radius 2 is 2.05 bits per heavy atom. The van der Waals surface area contributed by atoms with Crippen LogP contribution in [-0.2, 0) is 5.41 Å². The molecule has 1 aromatic heterocycles. The van der Waals surface area contributed by atoms with Gasteiger partial charge in [-0.25, -0.2) is 9.97 Å². The summed E-state index contributed by atoms with van der Waals surface area (Å²) >= 11 is 3.58. The molecular weight excluding hydrogens is 316 g/mol. The minimum Gasteiger partial charge on any atom is -0.369 e. The molecule has 0 saturated heterocycles. The lowest BCUT2D eigenvalue weighted by Crippen LogP contribution is -2.28. The summed E-state index contributed by atoms with van der Waals surface area (Å²) in [5.74, 6) is 0.664. The summed E-state index contributed by atoms with van der Waals surface area (Å²) in [4.78, 5) is 7.98. The number of nitrogens with one attached hydrogen (secondary N) is 1. The smallest absolute Gasteiger partial charge is 0.145 e. The van der Waals surface area contributed by atoms with Crippen molar-refractivity contribution in [2.45, 2.75) is 19.3 Å². The molecule has 0 radical (unpaired) electrons. The summed E-state index contributed by atoms with van der Waals surface area (Å²) < 4.78 is 1.09. The Labute approximate surface area is 127 Å². The maximum atomic E-state index is 8.83. The van der Waals surface area contributed by atoms with Crippen LogP contribution in [0.2, 0.25) is 0 Å². The van der Waals surface area contributed by atoms with E-state index in [4.69, 9.17) is 5.26 Å². The molecule has 0 aliphatic heterocycles. The Hall–Kier alpha value is -1.93. The number of nitrogens with zero attached hydrogens (tertiary/aromatic N) is 3. The monoisotopic (exact) mass is 330 g/mol. The van der Waals surface area contributed by atoms with Crippen LogP contribution in [0.25, 0.3) is 0 Å². The summed E-state index contributed by atoms with van der Waals surface area (Å²) in [5, 5.41) is 12.1. The summed E-state index contributed by atoms with van der Waals surface area (Å²) in [5.41, 5.74) is 1.51. The first-order chi connectivity index (χ1) is 9.53. The van der Waals surface area contributed by atoms with Crippen LogP contribution in [0.3, 0.4) is 0 Å². The lowest BCUT2D eigenvalue weighted by molar-refractivity contribution is 0.553. The van der Waals surface area contributed by atoms with Gasteiger partial charge in [0.05, 0.1) is 0 Å². The molecule has 2 aromatic rings. The molecule has 4 nitrogen and oxygen atoms in total. The van der Waals surface area contributed by atoms with Crippen LogP contribution in [0.4, 0.5) is 5.82 Å². The zero-order valence-corrected chi connectivity index (χ0v) is 13.0. The van der Waals surface area contributed by atoms with Gasteiger partial charge in [0.15, 0.2) is 0 Å². The fraction of sp³-hybridized carbons (Fsp3) is 0.267. The highest BCUT2D eigenvalue weighted by Crippen LogP contribution is 2.30.